The van der Waals surface area contributed by atoms with Crippen LogP contribution in [-0.4, -0.2) is 15.0 Å². The summed E-state index contributed by atoms with van der Waals surface area (Å²) in [7, 11) is 0. The van der Waals surface area contributed by atoms with Crippen molar-refractivity contribution in [2.24, 2.45) is 0 Å². The van der Waals surface area contributed by atoms with Crippen LogP contribution in [0.25, 0.3) is 88.7 Å². The number of hydrogen-bond donors (Lipinski definition) is 0. The summed E-state index contributed by atoms with van der Waals surface area (Å²) < 4.78 is 0. The van der Waals surface area contributed by atoms with Gasteiger partial charge in [0.25, 0.3) is 0 Å². The van der Waals surface area contributed by atoms with Crippen molar-refractivity contribution >= 4 is 32.4 Å². The predicted molar refractivity (Wildman–Crippen MR) is 204 cm³/mol. The second-order valence-corrected chi connectivity index (χ2v) is 12.5. The fourth-order valence-electron chi connectivity index (χ4n) is 6.88. The molecule has 0 saturated carbocycles. The Morgan fingerprint density at radius 2 is 0.959 bits per heavy atom. The summed E-state index contributed by atoms with van der Waals surface area (Å²) in [5.74, 6) is 0.726. The normalized spacial score (nSPS) is 11.4. The van der Waals surface area contributed by atoms with Gasteiger partial charge in [0.2, 0.25) is 0 Å². The lowest BCUT2D eigenvalue weighted by Gasteiger charge is -2.13. The summed E-state index contributed by atoms with van der Waals surface area (Å²) in [5.41, 5.74) is 11.6. The van der Waals surface area contributed by atoms with Crippen LogP contribution in [0.2, 0.25) is 0 Å². The molecule has 0 amide bonds. The molecule has 9 aromatic rings. The van der Waals surface area contributed by atoms with E-state index in [1.807, 2.05) is 12.1 Å². The first-order valence-electron chi connectivity index (χ1n) is 16.6. The average Bonchev–Trinajstić information content (AvgIpc) is 3.18. The van der Waals surface area contributed by atoms with Gasteiger partial charge in [-0.15, -0.1) is 0 Å². The summed E-state index contributed by atoms with van der Waals surface area (Å²) in [6, 6.07) is 59.6. The number of nitrogens with zero attached hydrogens (tertiary/aromatic N) is 3. The zero-order valence-electron chi connectivity index (χ0n) is 27.0. The van der Waals surface area contributed by atoms with Gasteiger partial charge in [-0.1, -0.05) is 140 Å². The van der Waals surface area contributed by atoms with E-state index in [1.54, 1.807) is 0 Å². The van der Waals surface area contributed by atoms with Crippen molar-refractivity contribution in [1.29, 1.82) is 0 Å². The van der Waals surface area contributed by atoms with Gasteiger partial charge in [-0.3, -0.25) is 0 Å². The molecule has 2 heterocycles. The maximum atomic E-state index is 5.11. The lowest BCUT2D eigenvalue weighted by molar-refractivity contribution is 1.18. The van der Waals surface area contributed by atoms with Crippen LogP contribution >= 0.6 is 0 Å². The number of hydrogen-bond acceptors (Lipinski definition) is 3. The van der Waals surface area contributed by atoms with Crippen molar-refractivity contribution in [2.75, 3.05) is 0 Å². The van der Waals surface area contributed by atoms with Crippen LogP contribution < -0.4 is 0 Å². The molecule has 3 nitrogen and oxygen atoms in total. The third-order valence-electron chi connectivity index (χ3n) is 9.49. The summed E-state index contributed by atoms with van der Waals surface area (Å²) in [5, 5.41) is 5.93. The smallest absolute Gasteiger partial charge is 0.160 e. The predicted octanol–water partition coefficient (Wildman–Crippen LogP) is 12.0. The Labute approximate surface area is 285 Å². The van der Waals surface area contributed by atoms with Crippen LogP contribution in [0.3, 0.4) is 0 Å². The van der Waals surface area contributed by atoms with E-state index in [-0.39, 0.29) is 0 Å². The molecular weight excluding hydrogens is 595 g/mol. The Kier molecular flexibility index (Phi) is 7.02. The first-order valence-corrected chi connectivity index (χ1v) is 16.6. The van der Waals surface area contributed by atoms with Gasteiger partial charge in [-0.2, -0.15) is 0 Å². The van der Waals surface area contributed by atoms with Crippen molar-refractivity contribution in [3.8, 4) is 56.3 Å². The molecule has 2 aromatic heterocycles. The van der Waals surface area contributed by atoms with E-state index in [2.05, 4.69) is 165 Å². The summed E-state index contributed by atoms with van der Waals surface area (Å²) in [6.07, 6.45) is 0. The second-order valence-electron chi connectivity index (χ2n) is 12.5. The van der Waals surface area contributed by atoms with E-state index < -0.39 is 0 Å². The van der Waals surface area contributed by atoms with E-state index in [1.165, 1.54) is 21.5 Å². The highest BCUT2D eigenvalue weighted by atomic mass is 14.9. The Hall–Kier alpha value is -6.45. The van der Waals surface area contributed by atoms with Gasteiger partial charge in [0, 0.05) is 27.6 Å². The van der Waals surface area contributed by atoms with Gasteiger partial charge < -0.3 is 0 Å². The highest BCUT2D eigenvalue weighted by Crippen LogP contribution is 2.35. The van der Waals surface area contributed by atoms with Crippen LogP contribution in [0.5, 0.6) is 0 Å². The summed E-state index contributed by atoms with van der Waals surface area (Å²) >= 11 is 0. The third kappa shape index (κ3) is 5.32. The molecule has 49 heavy (non-hydrogen) atoms. The fourth-order valence-corrected chi connectivity index (χ4v) is 6.88. The zero-order valence-corrected chi connectivity index (χ0v) is 27.0. The van der Waals surface area contributed by atoms with E-state index in [0.717, 1.165) is 72.8 Å². The highest BCUT2D eigenvalue weighted by molar-refractivity contribution is 5.98. The van der Waals surface area contributed by atoms with E-state index >= 15 is 0 Å². The number of benzene rings is 7. The Bertz CT molecular complexity index is 2600. The molecular formula is C46H31N3. The zero-order chi connectivity index (χ0) is 32.7. The van der Waals surface area contributed by atoms with Crippen LogP contribution in [0.1, 0.15) is 5.56 Å². The van der Waals surface area contributed by atoms with Crippen LogP contribution in [-0.2, 0) is 0 Å². The van der Waals surface area contributed by atoms with Crippen LogP contribution in [0, 0.1) is 6.92 Å². The van der Waals surface area contributed by atoms with Crippen LogP contribution in [0.15, 0.2) is 170 Å². The molecule has 0 bridgehead atoms. The summed E-state index contributed by atoms with van der Waals surface area (Å²) in [4.78, 5) is 15.3. The molecule has 0 unspecified atom stereocenters. The lowest BCUT2D eigenvalue weighted by atomic mass is 9.94. The SMILES string of the molecule is Cc1c(-c2nc(-c3ccccc3)cc(-c3ccccc3)n2)ccc2ccc(-c3ccc4nc(-c5cccc6ccccc56)ccc4c3)cc12. The topological polar surface area (TPSA) is 38.7 Å². The molecule has 0 fully saturated rings. The molecule has 9 rings (SSSR count). The minimum atomic E-state index is 0.726. The number of aryl methyl sites for hydroxylation is 1. The van der Waals surface area contributed by atoms with Crippen molar-refractivity contribution in [3.63, 3.8) is 0 Å². The molecule has 230 valence electrons. The van der Waals surface area contributed by atoms with Crippen molar-refractivity contribution in [3.05, 3.63) is 175 Å². The molecule has 0 saturated heterocycles. The Morgan fingerprint density at radius 1 is 0.347 bits per heavy atom. The first kappa shape index (κ1) is 28.7. The molecule has 3 heteroatoms. The van der Waals surface area contributed by atoms with Gasteiger partial charge in [0.15, 0.2) is 5.82 Å². The van der Waals surface area contributed by atoms with Gasteiger partial charge in [0.05, 0.1) is 22.6 Å². The number of pyridine rings is 1. The van der Waals surface area contributed by atoms with E-state index in [4.69, 9.17) is 15.0 Å². The molecule has 0 aliphatic heterocycles. The second kappa shape index (κ2) is 12.0. The minimum Gasteiger partial charge on any atom is -0.248 e. The van der Waals surface area contributed by atoms with Gasteiger partial charge >= 0.3 is 0 Å². The van der Waals surface area contributed by atoms with Crippen molar-refractivity contribution in [1.82, 2.24) is 15.0 Å². The lowest BCUT2D eigenvalue weighted by Crippen LogP contribution is -1.97. The van der Waals surface area contributed by atoms with Crippen molar-refractivity contribution in [2.45, 2.75) is 6.92 Å². The highest BCUT2D eigenvalue weighted by Gasteiger charge is 2.15. The van der Waals surface area contributed by atoms with Gasteiger partial charge in [0.1, 0.15) is 0 Å². The van der Waals surface area contributed by atoms with Crippen molar-refractivity contribution < 1.29 is 0 Å². The monoisotopic (exact) mass is 625 g/mol. The maximum Gasteiger partial charge on any atom is 0.160 e. The number of fused-ring (bicyclic) bond motifs is 3. The average molecular weight is 626 g/mol. The van der Waals surface area contributed by atoms with E-state index in [0.29, 0.717) is 0 Å². The molecule has 0 radical (unpaired) electrons. The molecule has 7 aromatic carbocycles. The van der Waals surface area contributed by atoms with Gasteiger partial charge in [-0.25, -0.2) is 15.0 Å². The van der Waals surface area contributed by atoms with E-state index in [9.17, 15) is 0 Å². The Morgan fingerprint density at radius 3 is 1.73 bits per heavy atom. The number of aromatic nitrogens is 3. The largest absolute Gasteiger partial charge is 0.248 e. The first-order chi connectivity index (χ1) is 24.2. The molecule has 0 N–H and O–H groups in total. The minimum absolute atomic E-state index is 0.726. The van der Waals surface area contributed by atoms with Crippen LogP contribution in [0.4, 0.5) is 0 Å². The maximum absolute atomic E-state index is 5.11. The fraction of sp³-hybridized carbons (Fsp3) is 0.0217. The molecule has 0 atom stereocenters. The quantitative estimate of drug-likeness (QED) is 0.191. The standard InChI is InChI=1S/C46H31N3/c1-30-38(46-48-44(33-12-4-2-5-13-33)29-45(49-46)34-14-6-3-7-15-34)24-21-32-19-20-36(28-41(30)32)35-22-25-42-37(27-35)23-26-43(47-42)40-18-10-16-31-11-8-9-17-39(31)40/h2-29H,1H3. The molecule has 0 aliphatic carbocycles. The Balaban J connectivity index is 1.12. The third-order valence-corrected chi connectivity index (χ3v) is 9.49. The molecule has 0 spiro atoms. The summed E-state index contributed by atoms with van der Waals surface area (Å²) in [6.45, 7) is 2.18. The van der Waals surface area contributed by atoms with Gasteiger partial charge in [-0.05, 0) is 75.5 Å². The molecule has 0 aliphatic rings. The number of rotatable bonds is 5.